The van der Waals surface area contributed by atoms with Gasteiger partial charge in [0.05, 0.1) is 18.5 Å². The number of amides is 2. The van der Waals surface area contributed by atoms with E-state index in [4.69, 9.17) is 0 Å². The highest BCUT2D eigenvalue weighted by Crippen LogP contribution is 2.18. The smallest absolute Gasteiger partial charge is 0.229 e. The van der Waals surface area contributed by atoms with Gasteiger partial charge in [-0.05, 0) is 59.9 Å². The standard InChI is InChI=1S/C33H41N7O2S/c1-33(2,3)23-35-29(41)22-26-13-9-12-25(20-26)18-19-34-32-40-39-31(43-32)15-8-7-14-27-16-17-28(38-37-27)36-30(42)21-24-10-5-4-6-11-24/h4-6,9-13,16-17,20H,7-8,14-15,18-19,21-23H2,1-3H3,(H,34,40)(H,35,41)(H,36,38,42). The molecule has 0 saturated heterocycles. The number of unbranched alkanes of at least 4 members (excludes halogenated alkanes) is 1. The van der Waals surface area contributed by atoms with Crippen LogP contribution in [0.25, 0.3) is 0 Å². The van der Waals surface area contributed by atoms with E-state index in [1.807, 2.05) is 48.5 Å². The van der Waals surface area contributed by atoms with E-state index in [0.29, 0.717) is 25.2 Å². The predicted octanol–water partition coefficient (Wildman–Crippen LogP) is 5.43. The molecule has 0 fully saturated rings. The Kier molecular flexibility index (Phi) is 11.7. The van der Waals surface area contributed by atoms with Crippen LogP contribution in [0.15, 0.2) is 66.7 Å². The Morgan fingerprint density at radius 3 is 2.26 bits per heavy atom. The average molecular weight is 600 g/mol. The largest absolute Gasteiger partial charge is 0.360 e. The molecular formula is C33H41N7O2S. The van der Waals surface area contributed by atoms with Gasteiger partial charge in [0.25, 0.3) is 0 Å². The molecule has 2 aromatic heterocycles. The summed E-state index contributed by atoms with van der Waals surface area (Å²) in [4.78, 5) is 24.5. The number of carbonyl (C=O) groups is 2. The Bertz CT molecular complexity index is 1450. The first-order valence-electron chi connectivity index (χ1n) is 14.8. The lowest BCUT2D eigenvalue weighted by atomic mass is 9.97. The van der Waals surface area contributed by atoms with Gasteiger partial charge in [-0.25, -0.2) is 0 Å². The highest BCUT2D eigenvalue weighted by atomic mass is 32.1. The Labute approximate surface area is 258 Å². The highest BCUT2D eigenvalue weighted by Gasteiger charge is 2.12. The third-order valence-corrected chi connectivity index (χ3v) is 7.54. The van der Waals surface area contributed by atoms with Crippen LogP contribution in [0.1, 0.15) is 61.0 Å². The molecule has 0 aliphatic carbocycles. The second kappa shape index (κ2) is 15.9. The molecule has 0 bridgehead atoms. The van der Waals surface area contributed by atoms with E-state index in [9.17, 15) is 9.59 Å². The van der Waals surface area contributed by atoms with Gasteiger partial charge in [-0.3, -0.25) is 9.59 Å². The molecule has 2 amide bonds. The Balaban J connectivity index is 1.11. The van der Waals surface area contributed by atoms with Gasteiger partial charge in [0.2, 0.25) is 16.9 Å². The monoisotopic (exact) mass is 599 g/mol. The van der Waals surface area contributed by atoms with Gasteiger partial charge in [-0.15, -0.1) is 15.3 Å². The quantitative estimate of drug-likeness (QED) is 0.156. The first-order valence-corrected chi connectivity index (χ1v) is 15.6. The van der Waals surface area contributed by atoms with Crippen LogP contribution in [0.3, 0.4) is 0 Å². The van der Waals surface area contributed by atoms with E-state index in [0.717, 1.165) is 65.6 Å². The second-order valence-corrected chi connectivity index (χ2v) is 12.9. The molecule has 0 unspecified atom stereocenters. The van der Waals surface area contributed by atoms with E-state index in [1.165, 1.54) is 5.56 Å². The lowest BCUT2D eigenvalue weighted by molar-refractivity contribution is -0.120. The molecule has 2 heterocycles. The molecule has 0 radical (unpaired) electrons. The van der Waals surface area contributed by atoms with E-state index >= 15 is 0 Å². The normalized spacial score (nSPS) is 11.2. The molecule has 4 rings (SSSR count). The van der Waals surface area contributed by atoms with Crippen molar-refractivity contribution in [3.8, 4) is 0 Å². The molecular weight excluding hydrogens is 558 g/mol. The molecule has 2 aromatic carbocycles. The number of rotatable bonds is 15. The SMILES string of the molecule is CC(C)(C)CNC(=O)Cc1cccc(CCNc2nnc(CCCCc3ccc(NC(=O)Cc4ccccc4)nn3)s2)c1. The van der Waals surface area contributed by atoms with Crippen LogP contribution in [-0.4, -0.2) is 45.3 Å². The summed E-state index contributed by atoms with van der Waals surface area (Å²) in [7, 11) is 0. The topological polar surface area (TPSA) is 122 Å². The van der Waals surface area contributed by atoms with Gasteiger partial charge < -0.3 is 16.0 Å². The Hall–Kier alpha value is -4.18. The van der Waals surface area contributed by atoms with Crippen LogP contribution >= 0.6 is 11.3 Å². The first kappa shape index (κ1) is 31.7. The number of hydrogen-bond donors (Lipinski definition) is 3. The summed E-state index contributed by atoms with van der Waals surface area (Å²) in [5, 5.41) is 28.1. The van der Waals surface area contributed by atoms with Gasteiger partial charge in [0, 0.05) is 19.5 Å². The number of nitrogens with zero attached hydrogens (tertiary/aromatic N) is 4. The van der Waals surface area contributed by atoms with Gasteiger partial charge in [0.15, 0.2) is 5.82 Å². The summed E-state index contributed by atoms with van der Waals surface area (Å²) in [6.45, 7) is 7.74. The summed E-state index contributed by atoms with van der Waals surface area (Å²) in [6.07, 6.45) is 5.14. The number of anilines is 2. The molecule has 9 nitrogen and oxygen atoms in total. The summed E-state index contributed by atoms with van der Waals surface area (Å²) in [6, 6.07) is 21.5. The summed E-state index contributed by atoms with van der Waals surface area (Å²) >= 11 is 1.59. The lowest BCUT2D eigenvalue weighted by Gasteiger charge is -2.18. The molecule has 0 aliphatic heterocycles. The molecule has 0 saturated carbocycles. The van der Waals surface area contributed by atoms with Crippen LogP contribution in [0.2, 0.25) is 0 Å². The fourth-order valence-electron chi connectivity index (χ4n) is 4.36. The number of nitrogens with one attached hydrogen (secondary N) is 3. The van der Waals surface area contributed by atoms with E-state index < -0.39 is 0 Å². The average Bonchev–Trinajstić information content (AvgIpc) is 3.43. The van der Waals surface area contributed by atoms with E-state index in [1.54, 1.807) is 17.4 Å². The van der Waals surface area contributed by atoms with Crippen molar-refractivity contribution in [3.63, 3.8) is 0 Å². The Morgan fingerprint density at radius 2 is 1.49 bits per heavy atom. The van der Waals surface area contributed by atoms with Crippen molar-refractivity contribution in [3.05, 3.63) is 94.1 Å². The van der Waals surface area contributed by atoms with Crippen molar-refractivity contribution in [1.29, 1.82) is 0 Å². The third kappa shape index (κ3) is 11.9. The van der Waals surface area contributed by atoms with Crippen LogP contribution in [-0.2, 0) is 41.7 Å². The predicted molar refractivity (Wildman–Crippen MR) is 172 cm³/mol. The lowest BCUT2D eigenvalue weighted by Crippen LogP contribution is -2.33. The number of aromatic nitrogens is 4. The van der Waals surface area contributed by atoms with Gasteiger partial charge >= 0.3 is 0 Å². The number of hydrogen-bond acceptors (Lipinski definition) is 8. The summed E-state index contributed by atoms with van der Waals surface area (Å²) in [5.74, 6) is 0.407. The Morgan fingerprint density at radius 1 is 0.744 bits per heavy atom. The minimum atomic E-state index is -0.110. The van der Waals surface area contributed by atoms with Crippen LogP contribution in [0.5, 0.6) is 0 Å². The maximum Gasteiger partial charge on any atom is 0.229 e. The third-order valence-electron chi connectivity index (χ3n) is 6.60. The van der Waals surface area contributed by atoms with Gasteiger partial charge in [-0.1, -0.05) is 86.7 Å². The summed E-state index contributed by atoms with van der Waals surface area (Å²) < 4.78 is 0. The van der Waals surface area contributed by atoms with Crippen molar-refractivity contribution < 1.29 is 9.59 Å². The zero-order valence-electron chi connectivity index (χ0n) is 25.2. The maximum atomic E-state index is 12.3. The molecule has 0 spiro atoms. The zero-order chi connectivity index (χ0) is 30.5. The van der Waals surface area contributed by atoms with E-state index in [-0.39, 0.29) is 17.2 Å². The molecule has 10 heteroatoms. The number of carbonyl (C=O) groups excluding carboxylic acids is 2. The molecule has 43 heavy (non-hydrogen) atoms. The fourth-order valence-corrected chi connectivity index (χ4v) is 5.16. The zero-order valence-corrected chi connectivity index (χ0v) is 26.0. The van der Waals surface area contributed by atoms with Crippen molar-refractivity contribution in [2.75, 3.05) is 23.7 Å². The fraction of sp³-hybridized carbons (Fsp3) is 0.394. The molecule has 226 valence electrons. The first-order chi connectivity index (χ1) is 20.7. The molecule has 0 atom stereocenters. The maximum absolute atomic E-state index is 12.3. The van der Waals surface area contributed by atoms with Crippen molar-refractivity contribution >= 4 is 34.1 Å². The van der Waals surface area contributed by atoms with Gasteiger partial charge in [-0.2, -0.15) is 5.10 Å². The van der Waals surface area contributed by atoms with Crippen molar-refractivity contribution in [1.82, 2.24) is 25.7 Å². The minimum Gasteiger partial charge on any atom is -0.360 e. The second-order valence-electron chi connectivity index (χ2n) is 11.8. The highest BCUT2D eigenvalue weighted by molar-refractivity contribution is 7.15. The molecule has 3 N–H and O–H groups in total. The van der Waals surface area contributed by atoms with Crippen LogP contribution in [0.4, 0.5) is 10.9 Å². The van der Waals surface area contributed by atoms with Crippen molar-refractivity contribution in [2.24, 2.45) is 5.41 Å². The van der Waals surface area contributed by atoms with Crippen LogP contribution in [0, 0.1) is 5.41 Å². The van der Waals surface area contributed by atoms with Crippen molar-refractivity contribution in [2.45, 2.75) is 65.7 Å². The van der Waals surface area contributed by atoms with E-state index in [2.05, 4.69) is 69.2 Å². The van der Waals surface area contributed by atoms with Crippen LogP contribution < -0.4 is 16.0 Å². The minimum absolute atomic E-state index is 0.0533. The molecule has 0 aliphatic rings. The summed E-state index contributed by atoms with van der Waals surface area (Å²) in [5.41, 5.74) is 4.13. The number of aryl methyl sites for hydroxylation is 2. The molecule has 4 aromatic rings. The number of benzene rings is 2. The van der Waals surface area contributed by atoms with Gasteiger partial charge in [0.1, 0.15) is 5.01 Å².